The monoisotopic (exact) mass is 465 g/mol. The van der Waals surface area contributed by atoms with Gasteiger partial charge in [-0.25, -0.2) is 9.38 Å². The van der Waals surface area contributed by atoms with Crippen molar-refractivity contribution in [3.05, 3.63) is 102 Å². The highest BCUT2D eigenvalue weighted by Gasteiger charge is 2.16. The highest BCUT2D eigenvalue weighted by atomic mass is 35.5. The molecule has 0 unspecified atom stereocenters. The van der Waals surface area contributed by atoms with E-state index in [2.05, 4.69) is 4.98 Å². The summed E-state index contributed by atoms with van der Waals surface area (Å²) >= 11 is 8.46. The molecule has 2 aromatic heterocycles. The Hall–Kier alpha value is -3.20. The van der Waals surface area contributed by atoms with Crippen LogP contribution in [0.2, 0.25) is 5.02 Å². The third-order valence-corrected chi connectivity index (χ3v) is 6.96. The van der Waals surface area contributed by atoms with Gasteiger partial charge in [-0.2, -0.15) is 0 Å². The second-order valence-corrected chi connectivity index (χ2v) is 9.24. The number of rotatable bonds is 4. The molecule has 0 bridgehead atoms. The van der Waals surface area contributed by atoms with E-state index in [9.17, 15) is 14.9 Å². The third kappa shape index (κ3) is 3.69. The lowest BCUT2D eigenvalue weighted by molar-refractivity contribution is -0.387. The van der Waals surface area contributed by atoms with Crippen molar-refractivity contribution >= 4 is 62.5 Å². The largest absolute Gasteiger partial charge is 0.283 e. The molecule has 0 radical (unpaired) electrons. The zero-order valence-corrected chi connectivity index (χ0v) is 18.1. The van der Waals surface area contributed by atoms with Crippen LogP contribution in [0.1, 0.15) is 5.56 Å². The molecule has 0 atom stereocenters. The van der Waals surface area contributed by atoms with E-state index in [4.69, 9.17) is 11.6 Å². The molecule has 31 heavy (non-hydrogen) atoms. The van der Waals surface area contributed by atoms with Crippen molar-refractivity contribution in [3.63, 3.8) is 0 Å². The molecule has 0 aliphatic heterocycles. The number of aromatic nitrogens is 2. The number of halogens is 1. The molecule has 0 spiro atoms. The van der Waals surface area contributed by atoms with Crippen LogP contribution in [0.4, 0.5) is 5.69 Å². The Balaban J connectivity index is 1.57. The maximum Gasteiger partial charge on any atom is 0.283 e. The van der Waals surface area contributed by atoms with Gasteiger partial charge in [0.1, 0.15) is 0 Å². The second-order valence-electron chi connectivity index (χ2n) is 6.67. The van der Waals surface area contributed by atoms with Crippen LogP contribution >= 0.6 is 34.7 Å². The quantitative estimate of drug-likeness (QED) is 0.270. The van der Waals surface area contributed by atoms with Crippen LogP contribution in [0.5, 0.6) is 0 Å². The molecule has 0 amide bonds. The number of fused-ring (bicyclic) bond motifs is 3. The fourth-order valence-corrected chi connectivity index (χ4v) is 5.26. The van der Waals surface area contributed by atoms with Crippen LogP contribution in [0.15, 0.2) is 81.3 Å². The molecular weight excluding hydrogens is 454 g/mol. The van der Waals surface area contributed by atoms with Gasteiger partial charge in [0.15, 0.2) is 4.96 Å². The average molecular weight is 466 g/mol. The van der Waals surface area contributed by atoms with Gasteiger partial charge in [-0.3, -0.25) is 14.9 Å². The molecule has 5 aromatic rings. The van der Waals surface area contributed by atoms with Crippen molar-refractivity contribution in [2.45, 2.75) is 9.79 Å². The molecule has 0 saturated carbocycles. The van der Waals surface area contributed by atoms with Crippen molar-refractivity contribution in [2.75, 3.05) is 0 Å². The molecule has 5 rings (SSSR count). The predicted molar refractivity (Wildman–Crippen MR) is 124 cm³/mol. The number of hydrogen-bond donors (Lipinski definition) is 0. The first-order chi connectivity index (χ1) is 15.0. The highest BCUT2D eigenvalue weighted by Crippen LogP contribution is 2.36. The van der Waals surface area contributed by atoms with Crippen molar-refractivity contribution in [1.29, 1.82) is 0 Å². The number of nitro benzene ring substituents is 1. The predicted octanol–water partition coefficient (Wildman–Crippen LogP) is 5.17. The van der Waals surface area contributed by atoms with Crippen LogP contribution in [-0.4, -0.2) is 14.3 Å². The zero-order valence-electron chi connectivity index (χ0n) is 15.7. The Labute approximate surface area is 188 Å². The third-order valence-electron chi connectivity index (χ3n) is 4.66. The van der Waals surface area contributed by atoms with Crippen LogP contribution in [-0.2, 0) is 0 Å². The van der Waals surface area contributed by atoms with E-state index in [1.165, 1.54) is 29.2 Å². The summed E-state index contributed by atoms with van der Waals surface area (Å²) in [7, 11) is 0. The normalized spacial score (nSPS) is 12.1. The Bertz CT molecular complexity index is 1580. The lowest BCUT2D eigenvalue weighted by Gasteiger charge is -2.04. The number of nitro groups is 1. The minimum atomic E-state index is -0.414. The van der Waals surface area contributed by atoms with Crippen molar-refractivity contribution in [1.82, 2.24) is 9.38 Å². The maximum absolute atomic E-state index is 12.9. The van der Waals surface area contributed by atoms with Gasteiger partial charge < -0.3 is 0 Å². The standard InChI is InChI=1S/C22H12ClN3O3S2/c23-14-6-8-15(9-7-14)30-19-10-5-13(11-18(19)26(28)29)12-20-21(27)25-17-4-2-1-3-16(17)24-22(25)31-20/h1-12H. The number of thiazole rings is 1. The Kier molecular flexibility index (Phi) is 4.97. The van der Waals surface area contributed by atoms with Crippen LogP contribution in [0, 0.1) is 10.1 Å². The zero-order chi connectivity index (χ0) is 21.5. The Morgan fingerprint density at radius 3 is 2.65 bits per heavy atom. The topological polar surface area (TPSA) is 77.5 Å². The van der Waals surface area contributed by atoms with Gasteiger partial charge in [-0.05, 0) is 54.1 Å². The molecule has 6 nitrogen and oxygen atoms in total. The summed E-state index contributed by atoms with van der Waals surface area (Å²) in [5, 5.41) is 12.3. The summed E-state index contributed by atoms with van der Waals surface area (Å²) in [6.45, 7) is 0. The summed E-state index contributed by atoms with van der Waals surface area (Å²) in [5.74, 6) is 0. The fourth-order valence-electron chi connectivity index (χ4n) is 3.25. The van der Waals surface area contributed by atoms with Crippen molar-refractivity contribution < 1.29 is 4.92 Å². The average Bonchev–Trinajstić information content (AvgIpc) is 3.27. The molecule has 0 N–H and O–H groups in total. The molecule has 0 aliphatic rings. The summed E-state index contributed by atoms with van der Waals surface area (Å²) < 4.78 is 2.05. The van der Waals surface area contributed by atoms with Crippen LogP contribution in [0.25, 0.3) is 22.1 Å². The van der Waals surface area contributed by atoms with Gasteiger partial charge in [-0.1, -0.05) is 52.9 Å². The van der Waals surface area contributed by atoms with E-state index in [0.29, 0.717) is 25.0 Å². The molecule has 0 saturated heterocycles. The van der Waals surface area contributed by atoms with Gasteiger partial charge >= 0.3 is 0 Å². The second kappa shape index (κ2) is 7.81. The first-order valence-electron chi connectivity index (χ1n) is 9.13. The van der Waals surface area contributed by atoms with E-state index in [0.717, 1.165) is 15.9 Å². The number of imidazole rings is 1. The first-order valence-corrected chi connectivity index (χ1v) is 11.1. The molecule has 9 heteroatoms. The molecule has 0 aliphatic carbocycles. The fraction of sp³-hybridized carbons (Fsp3) is 0. The highest BCUT2D eigenvalue weighted by molar-refractivity contribution is 7.99. The van der Waals surface area contributed by atoms with Gasteiger partial charge in [0, 0.05) is 16.0 Å². The van der Waals surface area contributed by atoms with E-state index >= 15 is 0 Å². The van der Waals surface area contributed by atoms with Crippen LogP contribution in [0.3, 0.4) is 0 Å². The number of benzene rings is 3. The SMILES string of the molecule is O=c1c(=Cc2ccc(Sc3ccc(Cl)cc3)c([N+](=O)[O-])c2)sc2nc3ccccc3n12. The van der Waals surface area contributed by atoms with Gasteiger partial charge in [-0.15, -0.1) is 0 Å². The molecule has 2 heterocycles. The molecule has 3 aromatic carbocycles. The summed E-state index contributed by atoms with van der Waals surface area (Å²) in [6, 6.07) is 19.5. The number of nitrogens with zero attached hydrogens (tertiary/aromatic N) is 3. The first kappa shape index (κ1) is 19.7. The lowest BCUT2D eigenvalue weighted by atomic mass is 10.2. The Morgan fingerprint density at radius 2 is 1.87 bits per heavy atom. The summed E-state index contributed by atoms with van der Waals surface area (Å²) in [6.07, 6.45) is 1.67. The van der Waals surface area contributed by atoms with E-state index in [1.807, 2.05) is 36.4 Å². The lowest BCUT2D eigenvalue weighted by Crippen LogP contribution is -2.22. The van der Waals surface area contributed by atoms with Gasteiger partial charge in [0.25, 0.3) is 11.2 Å². The van der Waals surface area contributed by atoms with Crippen molar-refractivity contribution in [2.24, 2.45) is 0 Å². The summed E-state index contributed by atoms with van der Waals surface area (Å²) in [4.78, 5) is 30.6. The van der Waals surface area contributed by atoms with E-state index in [1.54, 1.807) is 34.7 Å². The van der Waals surface area contributed by atoms with Gasteiger partial charge in [0.2, 0.25) is 0 Å². The van der Waals surface area contributed by atoms with Crippen LogP contribution < -0.4 is 10.1 Å². The molecular formula is C22H12ClN3O3S2. The van der Waals surface area contributed by atoms with E-state index < -0.39 is 4.92 Å². The number of hydrogen-bond acceptors (Lipinski definition) is 6. The minimum absolute atomic E-state index is 0.0204. The smallest absolute Gasteiger partial charge is 0.267 e. The molecule has 0 fully saturated rings. The number of para-hydroxylation sites is 2. The minimum Gasteiger partial charge on any atom is -0.267 e. The Morgan fingerprint density at radius 1 is 1.10 bits per heavy atom. The maximum atomic E-state index is 12.9. The van der Waals surface area contributed by atoms with E-state index in [-0.39, 0.29) is 11.2 Å². The van der Waals surface area contributed by atoms with Gasteiger partial charge in [0.05, 0.1) is 25.4 Å². The summed E-state index contributed by atoms with van der Waals surface area (Å²) in [5.41, 5.74) is 1.89. The van der Waals surface area contributed by atoms with Crippen molar-refractivity contribution in [3.8, 4) is 0 Å². The molecule has 152 valence electrons.